The van der Waals surface area contributed by atoms with Crippen molar-refractivity contribution in [1.82, 2.24) is 0 Å². The summed E-state index contributed by atoms with van der Waals surface area (Å²) >= 11 is 0. The first-order chi connectivity index (χ1) is 18.0. The van der Waals surface area contributed by atoms with Crippen molar-refractivity contribution in [1.29, 1.82) is 0 Å². The second-order valence-corrected chi connectivity index (χ2v) is 10.2. The highest BCUT2D eigenvalue weighted by Gasteiger charge is 2.33. The van der Waals surface area contributed by atoms with Crippen molar-refractivity contribution in [2.45, 2.75) is 13.8 Å². The van der Waals surface area contributed by atoms with Crippen molar-refractivity contribution >= 4 is 75.4 Å². The van der Waals surface area contributed by atoms with Crippen LogP contribution in [0.15, 0.2) is 33.9 Å². The second kappa shape index (κ2) is 6.00. The lowest BCUT2D eigenvalue weighted by molar-refractivity contribution is 0.458. The van der Waals surface area contributed by atoms with E-state index in [0.29, 0.717) is 43.4 Å². The van der Waals surface area contributed by atoms with E-state index < -0.39 is 33.9 Å². The number of hydrogen-bond acceptors (Lipinski definition) is 8. The largest absolute Gasteiger partial charge is 0.507 e. The van der Waals surface area contributed by atoms with Crippen molar-refractivity contribution in [2.75, 3.05) is 0 Å². The lowest BCUT2D eigenvalue weighted by Crippen LogP contribution is -2.10. The molecule has 8 rings (SSSR count). The lowest BCUT2D eigenvalue weighted by atomic mass is 9.78. The summed E-state index contributed by atoms with van der Waals surface area (Å²) in [5.41, 5.74) is -0.118. The van der Waals surface area contributed by atoms with Gasteiger partial charge in [0.1, 0.15) is 34.5 Å². The smallest absolute Gasteiger partial charge is 0.190 e. The summed E-state index contributed by atoms with van der Waals surface area (Å²) in [7, 11) is 0. The Labute approximate surface area is 210 Å². The molecule has 0 aromatic heterocycles. The van der Waals surface area contributed by atoms with Gasteiger partial charge in [-0.3, -0.25) is 9.59 Å². The van der Waals surface area contributed by atoms with Gasteiger partial charge >= 0.3 is 0 Å². The van der Waals surface area contributed by atoms with Crippen LogP contribution in [0.25, 0.3) is 75.4 Å². The monoisotopic (exact) mass is 504 g/mol. The predicted octanol–water partition coefficient (Wildman–Crippen LogP) is 5.08. The maximum absolute atomic E-state index is 13.4. The normalized spacial score (nSPS) is 12.8. The zero-order valence-electron chi connectivity index (χ0n) is 19.8. The Bertz CT molecular complexity index is 2340. The minimum absolute atomic E-state index is 0.0476. The van der Waals surface area contributed by atoms with E-state index in [1.807, 2.05) is 0 Å². The van der Waals surface area contributed by atoms with E-state index in [2.05, 4.69) is 0 Å². The van der Waals surface area contributed by atoms with Crippen LogP contribution in [0, 0.1) is 13.8 Å². The van der Waals surface area contributed by atoms with Crippen molar-refractivity contribution in [3.05, 3.63) is 55.8 Å². The number of fused-ring (bicyclic) bond motifs is 2. The lowest BCUT2D eigenvalue weighted by Gasteiger charge is -2.25. The Balaban J connectivity index is 2.04. The van der Waals surface area contributed by atoms with Crippen LogP contribution in [0.2, 0.25) is 0 Å². The average Bonchev–Trinajstić information content (AvgIpc) is 2.82. The fraction of sp³-hybridized carbons (Fsp3) is 0.0667. The standard InChI is InChI=1S/C30H16O8/c1-7-3-9(31)19-23-15(7)16-8(2)4-10(32)20-24(16)28-26-18(12(34)6-14(36)22(26)30(20)38)17-11(33)5-13(35)21(29(19)37)25(17)27(23)28/h3-6,31-32,35-38H,1-2H3. The number of phenolic OH excluding ortho intramolecular Hbond substituents is 6. The van der Waals surface area contributed by atoms with E-state index in [4.69, 9.17) is 0 Å². The molecular formula is C30H16O8. The van der Waals surface area contributed by atoms with Gasteiger partial charge in [-0.15, -0.1) is 0 Å². The second-order valence-electron chi connectivity index (χ2n) is 10.2. The third-order valence-electron chi connectivity index (χ3n) is 8.25. The van der Waals surface area contributed by atoms with Crippen molar-refractivity contribution in [2.24, 2.45) is 0 Å². The molecule has 0 radical (unpaired) electrons. The third kappa shape index (κ3) is 1.93. The Hall–Kier alpha value is -5.24. The molecule has 0 amide bonds. The number of aryl methyl sites for hydroxylation is 2. The molecule has 8 aromatic rings. The molecular weight excluding hydrogens is 488 g/mol. The van der Waals surface area contributed by atoms with Gasteiger partial charge in [0.05, 0.1) is 21.5 Å². The molecule has 8 aromatic carbocycles. The molecule has 38 heavy (non-hydrogen) atoms. The third-order valence-corrected chi connectivity index (χ3v) is 8.25. The Morgan fingerprint density at radius 1 is 0.368 bits per heavy atom. The summed E-state index contributed by atoms with van der Waals surface area (Å²) in [4.78, 5) is 26.8. The van der Waals surface area contributed by atoms with Gasteiger partial charge in [-0.2, -0.15) is 0 Å². The highest BCUT2D eigenvalue weighted by atomic mass is 16.3. The van der Waals surface area contributed by atoms with Crippen LogP contribution in [-0.2, 0) is 0 Å². The molecule has 8 nitrogen and oxygen atoms in total. The fourth-order valence-electron chi connectivity index (χ4n) is 6.99. The predicted molar refractivity (Wildman–Crippen MR) is 146 cm³/mol. The summed E-state index contributed by atoms with van der Waals surface area (Å²) in [6, 6.07) is 4.76. The van der Waals surface area contributed by atoms with Crippen LogP contribution >= 0.6 is 0 Å². The molecule has 184 valence electrons. The van der Waals surface area contributed by atoms with Gasteiger partial charge in [0, 0.05) is 55.2 Å². The molecule has 0 fully saturated rings. The number of aromatic hydroxyl groups is 6. The van der Waals surface area contributed by atoms with Gasteiger partial charge in [0.2, 0.25) is 0 Å². The topological polar surface area (TPSA) is 156 Å². The summed E-state index contributed by atoms with van der Waals surface area (Å²) in [6.07, 6.45) is 0. The first-order valence-corrected chi connectivity index (χ1v) is 11.8. The molecule has 0 unspecified atom stereocenters. The van der Waals surface area contributed by atoms with Crippen LogP contribution in [0.3, 0.4) is 0 Å². The van der Waals surface area contributed by atoms with E-state index in [9.17, 15) is 40.2 Å². The van der Waals surface area contributed by atoms with Crippen LogP contribution in [0.4, 0.5) is 0 Å². The van der Waals surface area contributed by atoms with Crippen LogP contribution in [-0.4, -0.2) is 30.6 Å². The maximum Gasteiger partial charge on any atom is 0.190 e. The summed E-state index contributed by atoms with van der Waals surface area (Å²) in [6.45, 7) is 3.54. The van der Waals surface area contributed by atoms with Crippen LogP contribution in [0.1, 0.15) is 11.1 Å². The molecule has 0 aliphatic rings. The summed E-state index contributed by atoms with van der Waals surface area (Å²) in [5.74, 6) is -2.44. The Morgan fingerprint density at radius 3 is 0.974 bits per heavy atom. The molecule has 0 saturated heterocycles. The van der Waals surface area contributed by atoms with Gasteiger partial charge in [-0.05, 0) is 47.9 Å². The first-order valence-electron chi connectivity index (χ1n) is 11.8. The molecule has 0 aliphatic carbocycles. The molecule has 0 spiro atoms. The molecule has 0 bridgehead atoms. The molecule has 8 heteroatoms. The Kier molecular flexibility index (Phi) is 3.30. The van der Waals surface area contributed by atoms with E-state index in [0.717, 1.165) is 12.1 Å². The highest BCUT2D eigenvalue weighted by Crippen LogP contribution is 2.59. The Morgan fingerprint density at radius 2 is 0.632 bits per heavy atom. The summed E-state index contributed by atoms with van der Waals surface area (Å²) < 4.78 is 0. The molecule has 0 aliphatic heterocycles. The zero-order valence-corrected chi connectivity index (χ0v) is 19.8. The van der Waals surface area contributed by atoms with Gasteiger partial charge in [0.15, 0.2) is 10.9 Å². The van der Waals surface area contributed by atoms with E-state index in [1.54, 1.807) is 13.8 Å². The molecule has 0 saturated carbocycles. The maximum atomic E-state index is 13.4. The highest BCUT2D eigenvalue weighted by molar-refractivity contribution is 6.51. The minimum Gasteiger partial charge on any atom is -0.507 e. The van der Waals surface area contributed by atoms with E-state index in [1.165, 1.54) is 12.1 Å². The minimum atomic E-state index is -0.685. The summed E-state index contributed by atoms with van der Waals surface area (Å²) in [5, 5.41) is 69.4. The van der Waals surface area contributed by atoms with Gasteiger partial charge < -0.3 is 30.6 Å². The SMILES string of the molecule is Cc1cc(O)c2c(O)c3c(O)cc(=O)c4c5c(=O)cc(O)c6c(O)c7c(O)cc(C)c8c1c2c(c34)c(c78)c65. The van der Waals surface area contributed by atoms with Crippen molar-refractivity contribution in [3.63, 3.8) is 0 Å². The van der Waals surface area contributed by atoms with Crippen LogP contribution < -0.4 is 10.9 Å². The van der Waals surface area contributed by atoms with Crippen LogP contribution in [0.5, 0.6) is 34.5 Å². The van der Waals surface area contributed by atoms with E-state index in [-0.39, 0.29) is 54.6 Å². The quantitative estimate of drug-likeness (QED) is 0.123. The van der Waals surface area contributed by atoms with Gasteiger partial charge in [0.25, 0.3) is 0 Å². The molecule has 6 N–H and O–H groups in total. The fourth-order valence-corrected chi connectivity index (χ4v) is 6.99. The van der Waals surface area contributed by atoms with Crippen molar-refractivity contribution in [3.8, 4) is 34.5 Å². The van der Waals surface area contributed by atoms with Crippen molar-refractivity contribution < 1.29 is 30.6 Å². The molecule has 0 heterocycles. The average molecular weight is 504 g/mol. The molecule has 0 atom stereocenters. The van der Waals surface area contributed by atoms with E-state index >= 15 is 0 Å². The first kappa shape index (κ1) is 20.9. The van der Waals surface area contributed by atoms with Gasteiger partial charge in [-0.1, -0.05) is 0 Å². The number of phenols is 6. The number of rotatable bonds is 0. The number of hydrogen-bond donors (Lipinski definition) is 6. The zero-order chi connectivity index (χ0) is 26.7. The number of benzene rings is 8. The van der Waals surface area contributed by atoms with Gasteiger partial charge in [-0.25, -0.2) is 0 Å².